The molecule has 168 valence electrons. The SMILES string of the molecule is CCNC(=NCc1cccc(CS(=O)(=O)NC)c1)NC1CCN(c2ncccc2F)C1. The summed E-state index contributed by atoms with van der Waals surface area (Å²) in [5, 5.41) is 6.64. The molecular formula is C21H29FN6O2S. The van der Waals surface area contributed by atoms with Crippen LogP contribution in [0.2, 0.25) is 0 Å². The third kappa shape index (κ3) is 6.63. The van der Waals surface area contributed by atoms with Crippen molar-refractivity contribution in [3.8, 4) is 0 Å². The van der Waals surface area contributed by atoms with Crippen LogP contribution in [-0.2, 0) is 22.3 Å². The molecular weight excluding hydrogens is 419 g/mol. The molecule has 0 saturated carbocycles. The number of rotatable bonds is 8. The Bertz CT molecular complexity index is 1010. The third-order valence-corrected chi connectivity index (χ3v) is 6.33. The lowest BCUT2D eigenvalue weighted by Crippen LogP contribution is -2.44. The van der Waals surface area contributed by atoms with E-state index in [0.717, 1.165) is 12.0 Å². The molecule has 10 heteroatoms. The van der Waals surface area contributed by atoms with Gasteiger partial charge in [0.1, 0.15) is 0 Å². The number of halogens is 1. The molecule has 1 aliphatic heterocycles. The number of aromatic nitrogens is 1. The summed E-state index contributed by atoms with van der Waals surface area (Å²) in [4.78, 5) is 10.7. The van der Waals surface area contributed by atoms with Crippen molar-refractivity contribution in [3.63, 3.8) is 0 Å². The fraction of sp³-hybridized carbons (Fsp3) is 0.429. The molecule has 2 heterocycles. The molecule has 1 saturated heterocycles. The Kier molecular flexibility index (Phi) is 7.80. The molecule has 8 nitrogen and oxygen atoms in total. The van der Waals surface area contributed by atoms with Crippen molar-refractivity contribution in [3.05, 3.63) is 59.5 Å². The van der Waals surface area contributed by atoms with Crippen LogP contribution in [0.4, 0.5) is 10.2 Å². The average molecular weight is 449 g/mol. The second-order valence-electron chi connectivity index (χ2n) is 7.36. The Morgan fingerprint density at radius 2 is 2.10 bits per heavy atom. The van der Waals surface area contributed by atoms with Crippen LogP contribution >= 0.6 is 0 Å². The molecule has 1 atom stereocenters. The van der Waals surface area contributed by atoms with Crippen LogP contribution in [0, 0.1) is 5.82 Å². The maximum absolute atomic E-state index is 14.0. The first-order chi connectivity index (χ1) is 14.9. The summed E-state index contributed by atoms with van der Waals surface area (Å²) >= 11 is 0. The van der Waals surface area contributed by atoms with E-state index in [4.69, 9.17) is 0 Å². The first-order valence-electron chi connectivity index (χ1n) is 10.3. The fourth-order valence-electron chi connectivity index (χ4n) is 3.47. The standard InChI is InChI=1S/C21H29FN6O2S/c1-3-24-21(26-13-16-6-4-7-17(12-16)15-31(29,30)23-2)27-18-9-11-28(14-18)20-19(22)8-5-10-25-20/h4-8,10,12,18,23H,3,9,11,13-15H2,1-2H3,(H2,24,26,27). The fourth-order valence-corrected chi connectivity index (χ4v) is 4.24. The van der Waals surface area contributed by atoms with Gasteiger partial charge in [-0.25, -0.2) is 27.5 Å². The van der Waals surface area contributed by atoms with Gasteiger partial charge >= 0.3 is 0 Å². The number of pyridine rings is 1. The summed E-state index contributed by atoms with van der Waals surface area (Å²) in [7, 11) is -1.92. The van der Waals surface area contributed by atoms with Crippen LogP contribution in [0.1, 0.15) is 24.5 Å². The number of anilines is 1. The predicted octanol–water partition coefficient (Wildman–Crippen LogP) is 1.60. The number of sulfonamides is 1. The summed E-state index contributed by atoms with van der Waals surface area (Å²) in [6.45, 7) is 4.46. The van der Waals surface area contributed by atoms with Gasteiger partial charge in [-0.15, -0.1) is 0 Å². The highest BCUT2D eigenvalue weighted by atomic mass is 32.2. The van der Waals surface area contributed by atoms with Crippen LogP contribution in [0.5, 0.6) is 0 Å². The van der Waals surface area contributed by atoms with Crippen molar-refractivity contribution in [2.75, 3.05) is 31.6 Å². The molecule has 0 aliphatic carbocycles. The predicted molar refractivity (Wildman–Crippen MR) is 121 cm³/mol. The quantitative estimate of drug-likeness (QED) is 0.419. The first kappa shape index (κ1) is 23.0. The zero-order valence-electron chi connectivity index (χ0n) is 17.8. The topological polar surface area (TPSA) is 98.7 Å². The van der Waals surface area contributed by atoms with E-state index in [1.165, 1.54) is 13.1 Å². The molecule has 1 fully saturated rings. The van der Waals surface area contributed by atoms with Crippen LogP contribution < -0.4 is 20.3 Å². The van der Waals surface area contributed by atoms with Gasteiger partial charge < -0.3 is 15.5 Å². The Morgan fingerprint density at radius 3 is 2.84 bits per heavy atom. The summed E-state index contributed by atoms with van der Waals surface area (Å²) in [5.74, 6) is 0.663. The van der Waals surface area contributed by atoms with Gasteiger partial charge in [0.25, 0.3) is 0 Å². The molecule has 0 spiro atoms. The van der Waals surface area contributed by atoms with Gasteiger partial charge in [0, 0.05) is 31.9 Å². The van der Waals surface area contributed by atoms with Gasteiger partial charge in [-0.3, -0.25) is 0 Å². The van der Waals surface area contributed by atoms with Gasteiger partial charge in [0.2, 0.25) is 10.0 Å². The zero-order chi connectivity index (χ0) is 22.3. The number of hydrogen-bond acceptors (Lipinski definition) is 5. The average Bonchev–Trinajstić information content (AvgIpc) is 3.21. The Labute approximate surface area is 183 Å². The highest BCUT2D eigenvalue weighted by Gasteiger charge is 2.25. The molecule has 31 heavy (non-hydrogen) atoms. The van der Waals surface area contributed by atoms with Crippen molar-refractivity contribution in [1.82, 2.24) is 20.3 Å². The molecule has 0 bridgehead atoms. The number of guanidine groups is 1. The Hall–Kier alpha value is -2.72. The van der Waals surface area contributed by atoms with Gasteiger partial charge in [-0.2, -0.15) is 0 Å². The summed E-state index contributed by atoms with van der Waals surface area (Å²) in [6.07, 6.45) is 2.44. The van der Waals surface area contributed by atoms with Gasteiger partial charge in [-0.1, -0.05) is 24.3 Å². The van der Waals surface area contributed by atoms with E-state index in [1.807, 2.05) is 30.0 Å². The monoisotopic (exact) mass is 448 g/mol. The van der Waals surface area contributed by atoms with Crippen molar-refractivity contribution in [2.45, 2.75) is 31.7 Å². The Balaban J connectivity index is 1.63. The lowest BCUT2D eigenvalue weighted by atomic mass is 10.1. The minimum absolute atomic E-state index is 0.0681. The summed E-state index contributed by atoms with van der Waals surface area (Å²) in [5.41, 5.74) is 1.63. The molecule has 3 N–H and O–H groups in total. The number of nitrogens with zero attached hydrogens (tertiary/aromatic N) is 3. The van der Waals surface area contributed by atoms with Crippen molar-refractivity contribution < 1.29 is 12.8 Å². The second-order valence-corrected chi connectivity index (χ2v) is 9.29. The van der Waals surface area contributed by atoms with E-state index in [9.17, 15) is 12.8 Å². The second kappa shape index (κ2) is 10.5. The van der Waals surface area contributed by atoms with E-state index in [0.29, 0.717) is 43.5 Å². The molecule has 0 radical (unpaired) electrons. The molecule has 1 unspecified atom stereocenters. The van der Waals surface area contributed by atoms with E-state index in [-0.39, 0.29) is 17.6 Å². The van der Waals surface area contributed by atoms with Crippen LogP contribution in [-0.4, -0.2) is 52.1 Å². The number of aliphatic imine (C=N–C) groups is 1. The van der Waals surface area contributed by atoms with Gasteiger partial charge in [-0.05, 0) is 43.7 Å². The zero-order valence-corrected chi connectivity index (χ0v) is 18.6. The molecule has 1 aliphatic rings. The van der Waals surface area contributed by atoms with Crippen LogP contribution in [0.3, 0.4) is 0 Å². The highest BCUT2D eigenvalue weighted by molar-refractivity contribution is 7.88. The van der Waals surface area contributed by atoms with Crippen molar-refractivity contribution >= 4 is 21.8 Å². The van der Waals surface area contributed by atoms with E-state index >= 15 is 0 Å². The van der Waals surface area contributed by atoms with Gasteiger partial charge in [0.05, 0.1) is 12.3 Å². The maximum atomic E-state index is 14.0. The smallest absolute Gasteiger partial charge is 0.215 e. The number of hydrogen-bond donors (Lipinski definition) is 3. The molecule has 1 aromatic heterocycles. The normalized spacial score (nSPS) is 17.1. The molecule has 1 aromatic carbocycles. The van der Waals surface area contributed by atoms with Crippen LogP contribution in [0.25, 0.3) is 0 Å². The summed E-state index contributed by atoms with van der Waals surface area (Å²) in [6, 6.07) is 10.5. The molecule has 0 amide bonds. The lowest BCUT2D eigenvalue weighted by molar-refractivity contribution is 0.587. The minimum atomic E-state index is -3.32. The number of benzene rings is 1. The van der Waals surface area contributed by atoms with E-state index in [1.54, 1.807) is 18.3 Å². The van der Waals surface area contributed by atoms with Gasteiger partial charge in [0.15, 0.2) is 17.6 Å². The third-order valence-electron chi connectivity index (χ3n) is 4.99. The Morgan fingerprint density at radius 1 is 1.29 bits per heavy atom. The first-order valence-corrected chi connectivity index (χ1v) is 11.9. The highest BCUT2D eigenvalue weighted by Crippen LogP contribution is 2.20. The maximum Gasteiger partial charge on any atom is 0.215 e. The van der Waals surface area contributed by atoms with E-state index < -0.39 is 10.0 Å². The van der Waals surface area contributed by atoms with Crippen molar-refractivity contribution in [1.29, 1.82) is 0 Å². The summed E-state index contributed by atoms with van der Waals surface area (Å²) < 4.78 is 39.9. The molecule has 3 rings (SSSR count). The lowest BCUT2D eigenvalue weighted by Gasteiger charge is -2.20. The van der Waals surface area contributed by atoms with Crippen molar-refractivity contribution in [2.24, 2.45) is 4.99 Å². The van der Waals surface area contributed by atoms with Crippen LogP contribution in [0.15, 0.2) is 47.6 Å². The molecule has 2 aromatic rings. The number of nitrogens with one attached hydrogen (secondary N) is 3. The minimum Gasteiger partial charge on any atom is -0.357 e. The largest absolute Gasteiger partial charge is 0.357 e. The van der Waals surface area contributed by atoms with E-state index in [2.05, 4.69) is 25.3 Å².